The Morgan fingerprint density at radius 1 is 1.62 bits per heavy atom. The zero-order valence-corrected chi connectivity index (χ0v) is 7.65. The number of alkyl halides is 2. The molecule has 0 fully saturated rings. The fraction of sp³-hybridized carbons (Fsp3) is 0.375. The number of aliphatic hydroxyl groups excluding tert-OH is 1. The van der Waals surface area contributed by atoms with Crippen LogP contribution >= 0.6 is 11.6 Å². The van der Waals surface area contributed by atoms with E-state index in [2.05, 4.69) is 4.98 Å². The second kappa shape index (κ2) is 3.98. The monoisotopic (exact) mass is 207 g/mol. The van der Waals surface area contributed by atoms with Gasteiger partial charge in [0.2, 0.25) is 0 Å². The molecule has 1 rings (SSSR count). The van der Waals surface area contributed by atoms with Gasteiger partial charge in [0.25, 0.3) is 6.43 Å². The van der Waals surface area contributed by atoms with Gasteiger partial charge in [0.1, 0.15) is 5.69 Å². The number of aliphatic hydroxyl groups is 1. The summed E-state index contributed by atoms with van der Waals surface area (Å²) >= 11 is 5.53. The molecule has 0 aromatic carbocycles. The average molecular weight is 208 g/mol. The lowest BCUT2D eigenvalue weighted by molar-refractivity contribution is 0.145. The largest absolute Gasteiger partial charge is 0.390 e. The number of hydrogen-bond acceptors (Lipinski definition) is 2. The zero-order chi connectivity index (χ0) is 10.0. The molecule has 0 aliphatic carbocycles. The van der Waals surface area contributed by atoms with Crippen molar-refractivity contribution in [1.82, 2.24) is 4.98 Å². The molecule has 0 unspecified atom stereocenters. The van der Waals surface area contributed by atoms with Crippen molar-refractivity contribution in [1.29, 1.82) is 0 Å². The highest BCUT2D eigenvalue weighted by Crippen LogP contribution is 2.26. The van der Waals surface area contributed by atoms with Crippen molar-refractivity contribution in [2.45, 2.75) is 20.0 Å². The van der Waals surface area contributed by atoms with E-state index in [9.17, 15) is 8.78 Å². The van der Waals surface area contributed by atoms with Gasteiger partial charge in [-0.05, 0) is 18.6 Å². The SMILES string of the molecule is Cc1cc(Cl)c(C(F)F)nc1CO. The lowest BCUT2D eigenvalue weighted by atomic mass is 10.2. The first kappa shape index (κ1) is 10.3. The quantitative estimate of drug-likeness (QED) is 0.808. The van der Waals surface area contributed by atoms with E-state index >= 15 is 0 Å². The van der Waals surface area contributed by atoms with Gasteiger partial charge in [-0.25, -0.2) is 13.8 Å². The smallest absolute Gasteiger partial charge is 0.281 e. The molecule has 2 nitrogen and oxygen atoms in total. The van der Waals surface area contributed by atoms with Crippen LogP contribution in [0.2, 0.25) is 5.02 Å². The first-order chi connectivity index (χ1) is 6.06. The van der Waals surface area contributed by atoms with E-state index < -0.39 is 12.1 Å². The lowest BCUT2D eigenvalue weighted by Crippen LogP contribution is -2.00. The maximum Gasteiger partial charge on any atom is 0.281 e. The molecule has 0 bridgehead atoms. The van der Waals surface area contributed by atoms with E-state index in [1.807, 2.05) is 0 Å². The number of pyridine rings is 1. The van der Waals surface area contributed by atoms with Crippen LogP contribution in [0.25, 0.3) is 0 Å². The minimum Gasteiger partial charge on any atom is -0.390 e. The number of aromatic nitrogens is 1. The highest BCUT2D eigenvalue weighted by molar-refractivity contribution is 6.31. The molecule has 0 aliphatic heterocycles. The summed E-state index contributed by atoms with van der Waals surface area (Å²) in [5, 5.41) is 8.70. The molecule has 1 aromatic heterocycles. The number of rotatable bonds is 2. The molecule has 1 aromatic rings. The van der Waals surface area contributed by atoms with E-state index in [4.69, 9.17) is 16.7 Å². The maximum absolute atomic E-state index is 12.2. The molecule has 72 valence electrons. The highest BCUT2D eigenvalue weighted by atomic mass is 35.5. The molecule has 0 spiro atoms. The summed E-state index contributed by atoms with van der Waals surface area (Å²) in [6.07, 6.45) is -2.71. The third kappa shape index (κ3) is 2.14. The van der Waals surface area contributed by atoms with Crippen LogP contribution < -0.4 is 0 Å². The molecule has 0 saturated carbocycles. The van der Waals surface area contributed by atoms with Gasteiger partial charge in [-0.2, -0.15) is 0 Å². The number of hydrogen-bond donors (Lipinski definition) is 1. The van der Waals surface area contributed by atoms with Crippen LogP contribution in [0.4, 0.5) is 8.78 Å². The van der Waals surface area contributed by atoms with Crippen LogP contribution in [-0.4, -0.2) is 10.1 Å². The highest BCUT2D eigenvalue weighted by Gasteiger charge is 2.15. The molecule has 5 heteroatoms. The van der Waals surface area contributed by atoms with Crippen molar-refractivity contribution >= 4 is 11.6 Å². The van der Waals surface area contributed by atoms with Crippen molar-refractivity contribution in [3.63, 3.8) is 0 Å². The Labute approximate surface area is 79.2 Å². The van der Waals surface area contributed by atoms with Crippen LogP contribution in [0, 0.1) is 6.92 Å². The van der Waals surface area contributed by atoms with E-state index in [1.54, 1.807) is 6.92 Å². The van der Waals surface area contributed by atoms with Crippen LogP contribution in [0.15, 0.2) is 6.07 Å². The summed E-state index contributed by atoms with van der Waals surface area (Å²) in [5.74, 6) is 0. The Kier molecular flexibility index (Phi) is 3.17. The summed E-state index contributed by atoms with van der Waals surface area (Å²) < 4.78 is 24.5. The summed E-state index contributed by atoms with van der Waals surface area (Å²) in [6.45, 7) is 1.29. The second-order valence-corrected chi connectivity index (χ2v) is 2.99. The topological polar surface area (TPSA) is 33.1 Å². The predicted molar refractivity (Wildman–Crippen MR) is 44.9 cm³/mol. The minimum absolute atomic E-state index is 0.0651. The van der Waals surface area contributed by atoms with Gasteiger partial charge in [-0.1, -0.05) is 11.6 Å². The molecule has 0 radical (unpaired) electrons. The van der Waals surface area contributed by atoms with Gasteiger partial charge in [0.15, 0.2) is 0 Å². The van der Waals surface area contributed by atoms with E-state index in [1.165, 1.54) is 6.07 Å². The number of aryl methyl sites for hydroxylation is 1. The average Bonchev–Trinajstić information content (AvgIpc) is 2.03. The van der Waals surface area contributed by atoms with Crippen molar-refractivity contribution in [3.05, 3.63) is 28.0 Å². The summed E-state index contributed by atoms with van der Waals surface area (Å²) in [4.78, 5) is 3.56. The normalized spacial score (nSPS) is 10.9. The van der Waals surface area contributed by atoms with Gasteiger partial charge in [0.05, 0.1) is 17.3 Å². The third-order valence-electron chi connectivity index (χ3n) is 1.65. The molecule has 1 heterocycles. The summed E-state index contributed by atoms with van der Waals surface area (Å²) in [6, 6.07) is 1.38. The Morgan fingerprint density at radius 2 is 2.23 bits per heavy atom. The molecule has 1 N–H and O–H groups in total. The number of nitrogens with zero attached hydrogens (tertiary/aromatic N) is 1. The van der Waals surface area contributed by atoms with Crippen molar-refractivity contribution in [2.24, 2.45) is 0 Å². The minimum atomic E-state index is -2.71. The van der Waals surface area contributed by atoms with Gasteiger partial charge >= 0.3 is 0 Å². The van der Waals surface area contributed by atoms with Crippen LogP contribution in [-0.2, 0) is 6.61 Å². The Bertz CT molecular complexity index is 317. The summed E-state index contributed by atoms with van der Waals surface area (Å²) in [7, 11) is 0. The van der Waals surface area contributed by atoms with Crippen LogP contribution in [0.5, 0.6) is 0 Å². The van der Waals surface area contributed by atoms with Gasteiger partial charge in [-0.3, -0.25) is 0 Å². The lowest BCUT2D eigenvalue weighted by Gasteiger charge is -2.06. The van der Waals surface area contributed by atoms with E-state index in [0.29, 0.717) is 5.56 Å². The molecular formula is C8H8ClF2NO. The van der Waals surface area contributed by atoms with Crippen molar-refractivity contribution in [2.75, 3.05) is 0 Å². The fourth-order valence-electron chi connectivity index (χ4n) is 0.947. The summed E-state index contributed by atoms with van der Waals surface area (Å²) in [5.41, 5.74) is 0.368. The molecule has 0 aliphatic rings. The molecule has 13 heavy (non-hydrogen) atoms. The van der Waals surface area contributed by atoms with Crippen molar-refractivity contribution in [3.8, 4) is 0 Å². The zero-order valence-electron chi connectivity index (χ0n) is 6.89. The first-order valence-corrected chi connectivity index (χ1v) is 3.99. The van der Waals surface area contributed by atoms with Crippen LogP contribution in [0.1, 0.15) is 23.4 Å². The molecule has 0 atom stereocenters. The van der Waals surface area contributed by atoms with E-state index in [0.717, 1.165) is 0 Å². The first-order valence-electron chi connectivity index (χ1n) is 3.61. The van der Waals surface area contributed by atoms with Gasteiger partial charge < -0.3 is 5.11 Å². The second-order valence-electron chi connectivity index (χ2n) is 2.58. The molecule has 0 amide bonds. The standard InChI is InChI=1S/C8H8ClF2NO/c1-4-2-5(9)7(8(10)11)12-6(4)3-13/h2,8,13H,3H2,1H3. The predicted octanol–water partition coefficient (Wildman–Crippen LogP) is 2.47. The third-order valence-corrected chi connectivity index (χ3v) is 1.96. The number of halogens is 3. The Morgan fingerprint density at radius 3 is 2.69 bits per heavy atom. The van der Waals surface area contributed by atoms with Crippen molar-refractivity contribution < 1.29 is 13.9 Å². The Balaban J connectivity index is 3.22. The van der Waals surface area contributed by atoms with Gasteiger partial charge in [-0.15, -0.1) is 0 Å². The maximum atomic E-state index is 12.2. The van der Waals surface area contributed by atoms with E-state index in [-0.39, 0.29) is 17.3 Å². The van der Waals surface area contributed by atoms with Gasteiger partial charge in [0, 0.05) is 0 Å². The molecule has 0 saturated heterocycles. The molecular weight excluding hydrogens is 200 g/mol. The van der Waals surface area contributed by atoms with Crippen LogP contribution in [0.3, 0.4) is 0 Å². The fourth-order valence-corrected chi connectivity index (χ4v) is 1.24. The Hall–Kier alpha value is -0.740.